The van der Waals surface area contributed by atoms with Gasteiger partial charge < -0.3 is 24.0 Å². The molecule has 48 heavy (non-hydrogen) atoms. The standard InChI is InChI=1S/C22H29NO2.C18H21NO3.ClH/c1-5-21(24)25-22(18(2)17-23(3)4,20-14-10-7-11-15-20)16-19-12-8-6-9-13-19;1-19-8-7-18-11-4-5-13(20)17(18)22-16-14(21-2)6-3-10(15(16)18)9-12(11)19;/h6-15,18H,5,16-17H2,1-4H3;3,6,11-12,17H,4-5,7-9H2,1-2H3;1H/t18-,22+;11-,12+,17-,18-;/m10./s1. The molecule has 2 aliphatic heterocycles. The summed E-state index contributed by atoms with van der Waals surface area (Å²) in [5, 5.41) is 0. The second-order valence-corrected chi connectivity index (χ2v) is 14.2. The molecule has 3 aromatic rings. The molecule has 0 aromatic heterocycles. The number of likely N-dealkylation sites (tertiary alicyclic amines) is 1. The first-order valence-corrected chi connectivity index (χ1v) is 17.2. The van der Waals surface area contributed by atoms with Crippen molar-refractivity contribution in [1.29, 1.82) is 0 Å². The third-order valence-electron chi connectivity index (χ3n) is 11.2. The lowest BCUT2D eigenvalue weighted by Gasteiger charge is -2.57. The average Bonchev–Trinajstić information content (AvgIpc) is 3.43. The zero-order valence-corrected chi connectivity index (χ0v) is 30.1. The number of likely N-dealkylation sites (N-methyl/N-ethyl adjacent to an activating group) is 1. The minimum absolute atomic E-state index is 0. The summed E-state index contributed by atoms with van der Waals surface area (Å²) >= 11 is 0. The van der Waals surface area contributed by atoms with Gasteiger partial charge in [0.05, 0.1) is 7.11 Å². The summed E-state index contributed by atoms with van der Waals surface area (Å²) in [7, 11) is 8.02. The molecule has 6 atom stereocenters. The summed E-state index contributed by atoms with van der Waals surface area (Å²) in [4.78, 5) is 29.6. The van der Waals surface area contributed by atoms with E-state index in [-0.39, 0.29) is 41.6 Å². The van der Waals surface area contributed by atoms with Crippen LogP contribution in [0, 0.1) is 11.8 Å². The van der Waals surface area contributed by atoms with Gasteiger partial charge in [0.1, 0.15) is 5.60 Å². The maximum Gasteiger partial charge on any atom is 0.306 e. The van der Waals surface area contributed by atoms with Crippen molar-refractivity contribution in [1.82, 2.24) is 9.80 Å². The highest BCUT2D eigenvalue weighted by Crippen LogP contribution is 2.63. The molecule has 258 valence electrons. The number of benzene rings is 3. The molecule has 3 aromatic carbocycles. The maximum absolute atomic E-state index is 12.6. The molecule has 0 amide bonds. The van der Waals surface area contributed by atoms with Crippen molar-refractivity contribution in [2.24, 2.45) is 11.8 Å². The Morgan fingerprint density at radius 1 is 1.08 bits per heavy atom. The number of ether oxygens (including phenoxy) is 3. The molecule has 2 fully saturated rings. The number of methoxy groups -OCH3 is 1. The first-order chi connectivity index (χ1) is 22.6. The molecular weight excluding hydrogens is 624 g/mol. The van der Waals surface area contributed by atoms with Gasteiger partial charge in [0.25, 0.3) is 0 Å². The summed E-state index contributed by atoms with van der Waals surface area (Å²) in [6.45, 7) is 5.89. The van der Waals surface area contributed by atoms with E-state index in [2.05, 4.69) is 68.2 Å². The molecule has 0 unspecified atom stereocenters. The topological polar surface area (TPSA) is 68.3 Å². The first-order valence-electron chi connectivity index (χ1n) is 17.2. The fourth-order valence-electron chi connectivity index (χ4n) is 9.02. The lowest BCUT2D eigenvalue weighted by Crippen LogP contribution is -2.65. The average molecular weight is 675 g/mol. The fourth-order valence-corrected chi connectivity index (χ4v) is 9.02. The minimum atomic E-state index is -0.681. The smallest absolute Gasteiger partial charge is 0.306 e. The van der Waals surface area contributed by atoms with E-state index in [1.807, 2.05) is 49.4 Å². The molecule has 4 aliphatic rings. The van der Waals surface area contributed by atoms with Crippen LogP contribution in [0.1, 0.15) is 61.8 Å². The summed E-state index contributed by atoms with van der Waals surface area (Å²) in [5.41, 5.74) is 4.11. The Kier molecular flexibility index (Phi) is 10.9. The van der Waals surface area contributed by atoms with Crippen molar-refractivity contribution in [3.05, 3.63) is 95.1 Å². The van der Waals surface area contributed by atoms with Crippen molar-refractivity contribution >= 4 is 24.2 Å². The van der Waals surface area contributed by atoms with Crippen molar-refractivity contribution in [3.8, 4) is 11.5 Å². The van der Waals surface area contributed by atoms with Crippen LogP contribution in [-0.2, 0) is 38.2 Å². The zero-order chi connectivity index (χ0) is 33.3. The van der Waals surface area contributed by atoms with Crippen molar-refractivity contribution in [2.75, 3.05) is 41.3 Å². The van der Waals surface area contributed by atoms with Crippen LogP contribution >= 0.6 is 12.4 Å². The number of rotatable bonds is 9. The van der Waals surface area contributed by atoms with Gasteiger partial charge in [-0.25, -0.2) is 0 Å². The molecule has 2 heterocycles. The summed E-state index contributed by atoms with van der Waals surface area (Å²) in [6, 6.07) is 25.1. The molecule has 7 nitrogen and oxygen atoms in total. The van der Waals surface area contributed by atoms with Gasteiger partial charge in [-0.3, -0.25) is 9.59 Å². The number of carbonyl (C=O) groups excluding carboxylic acids is 2. The van der Waals surface area contributed by atoms with E-state index in [4.69, 9.17) is 14.2 Å². The van der Waals surface area contributed by atoms with Crippen LogP contribution < -0.4 is 9.47 Å². The molecule has 1 saturated carbocycles. The van der Waals surface area contributed by atoms with Crippen molar-refractivity contribution < 1.29 is 23.8 Å². The second-order valence-electron chi connectivity index (χ2n) is 14.2. The SMILES string of the molecule is CCC(=O)O[C@](Cc1ccccc1)(c1ccccc1)[C@H](C)CN(C)C.COc1ccc2c3c1O[C@H]1C(=O)CC[C@H]4[C@@H](C2)N(C)CC[C@]314.Cl. The Bertz CT molecular complexity index is 1580. The highest BCUT2D eigenvalue weighted by Gasteiger charge is 2.65. The lowest BCUT2D eigenvalue weighted by atomic mass is 9.52. The Morgan fingerprint density at radius 2 is 1.77 bits per heavy atom. The van der Waals surface area contributed by atoms with E-state index in [0.717, 1.165) is 49.4 Å². The third-order valence-corrected chi connectivity index (χ3v) is 11.2. The fraction of sp³-hybridized carbons (Fsp3) is 0.500. The molecule has 0 radical (unpaired) electrons. The zero-order valence-electron chi connectivity index (χ0n) is 29.2. The minimum Gasteiger partial charge on any atom is -0.493 e. The molecule has 1 spiro atoms. The number of carbonyl (C=O) groups is 2. The van der Waals surface area contributed by atoms with Gasteiger partial charge in [0, 0.05) is 48.7 Å². The number of esters is 1. The van der Waals surface area contributed by atoms with E-state index in [9.17, 15) is 9.59 Å². The van der Waals surface area contributed by atoms with Gasteiger partial charge >= 0.3 is 5.97 Å². The van der Waals surface area contributed by atoms with Gasteiger partial charge in [-0.2, -0.15) is 0 Å². The van der Waals surface area contributed by atoms with E-state index < -0.39 is 5.60 Å². The Hall–Kier alpha value is -3.39. The van der Waals surface area contributed by atoms with Gasteiger partial charge in [0.15, 0.2) is 23.4 Å². The number of halogens is 1. The molecule has 2 aliphatic carbocycles. The van der Waals surface area contributed by atoms with E-state index >= 15 is 0 Å². The second kappa shape index (κ2) is 14.6. The molecule has 2 bridgehead atoms. The van der Waals surface area contributed by atoms with E-state index in [1.165, 1.54) is 16.7 Å². The highest BCUT2D eigenvalue weighted by molar-refractivity contribution is 5.89. The highest BCUT2D eigenvalue weighted by atomic mass is 35.5. The number of piperidine rings is 1. The monoisotopic (exact) mass is 674 g/mol. The van der Waals surface area contributed by atoms with Crippen LogP contribution in [0.5, 0.6) is 11.5 Å². The summed E-state index contributed by atoms with van der Waals surface area (Å²) in [6.07, 6.45) is 4.51. The molecule has 0 N–H and O–H groups in total. The quantitative estimate of drug-likeness (QED) is 0.236. The maximum atomic E-state index is 12.6. The third kappa shape index (κ3) is 6.25. The largest absolute Gasteiger partial charge is 0.493 e. The first kappa shape index (κ1) is 35.9. The number of Topliss-reactive ketones (excluding diaryl/α,β-unsaturated/α-hetero) is 1. The van der Waals surface area contributed by atoms with Gasteiger partial charge in [-0.1, -0.05) is 80.6 Å². The van der Waals surface area contributed by atoms with Crippen molar-refractivity contribution in [3.63, 3.8) is 0 Å². The van der Waals surface area contributed by atoms with Crippen LogP contribution in [0.3, 0.4) is 0 Å². The van der Waals surface area contributed by atoms with E-state index in [0.29, 0.717) is 31.2 Å². The number of hydrogen-bond donors (Lipinski definition) is 0. The molecule has 8 heteroatoms. The predicted molar refractivity (Wildman–Crippen MR) is 191 cm³/mol. The number of hydrogen-bond acceptors (Lipinski definition) is 7. The van der Waals surface area contributed by atoms with Gasteiger partial charge in [-0.05, 0) is 75.6 Å². The van der Waals surface area contributed by atoms with Crippen molar-refractivity contribution in [2.45, 2.75) is 75.5 Å². The Labute approximate surface area is 292 Å². The van der Waals surface area contributed by atoms with Gasteiger partial charge in [-0.15, -0.1) is 12.4 Å². The summed E-state index contributed by atoms with van der Waals surface area (Å²) < 4.78 is 18.0. The van der Waals surface area contributed by atoms with Crippen LogP contribution in [0.4, 0.5) is 0 Å². The number of ketones is 1. The summed E-state index contributed by atoms with van der Waals surface area (Å²) in [5.74, 6) is 2.44. The number of nitrogens with zero attached hydrogens (tertiary/aromatic N) is 2. The van der Waals surface area contributed by atoms with E-state index in [1.54, 1.807) is 7.11 Å². The van der Waals surface area contributed by atoms with Crippen LogP contribution in [0.25, 0.3) is 0 Å². The molecular formula is C40H51ClN2O5. The van der Waals surface area contributed by atoms with Crippen LogP contribution in [-0.4, -0.2) is 75.0 Å². The molecule has 7 rings (SSSR count). The van der Waals surface area contributed by atoms with Gasteiger partial charge in [0.2, 0.25) is 0 Å². The Balaban J connectivity index is 0.000000185. The Morgan fingerprint density at radius 3 is 2.42 bits per heavy atom. The molecule has 1 saturated heterocycles. The normalized spacial score (nSPS) is 25.3. The predicted octanol–water partition coefficient (Wildman–Crippen LogP) is 6.63. The van der Waals surface area contributed by atoms with Crippen LogP contribution in [0.2, 0.25) is 0 Å². The van der Waals surface area contributed by atoms with Crippen LogP contribution in [0.15, 0.2) is 72.8 Å². The lowest BCUT2D eigenvalue weighted by molar-refractivity contribution is -0.168.